The topological polar surface area (TPSA) is 59.1 Å². The highest BCUT2D eigenvalue weighted by molar-refractivity contribution is 6.20. The summed E-state index contributed by atoms with van der Waals surface area (Å²) in [5.74, 6) is -0.550. The van der Waals surface area contributed by atoms with Crippen LogP contribution in [0.4, 0.5) is 0 Å². The molecule has 0 spiro atoms. The molecule has 2 aliphatic heterocycles. The highest BCUT2D eigenvalue weighted by Gasteiger charge is 2.25. The van der Waals surface area contributed by atoms with Gasteiger partial charge in [-0.2, -0.15) is 0 Å². The van der Waals surface area contributed by atoms with Crippen LogP contribution in [-0.2, 0) is 9.47 Å². The van der Waals surface area contributed by atoms with E-state index in [2.05, 4.69) is 15.9 Å². The Morgan fingerprint density at radius 2 is 1.23 bits per heavy atom. The van der Waals surface area contributed by atoms with Crippen LogP contribution in [0.25, 0.3) is 33.0 Å². The largest absolute Gasteiger partial charge is 0.462 e. The highest BCUT2D eigenvalue weighted by atomic mass is 16.5. The number of benzene rings is 3. The van der Waals surface area contributed by atoms with Gasteiger partial charge in [-0.1, -0.05) is 43.2 Å². The quantitative estimate of drug-likeness (QED) is 0.168. The van der Waals surface area contributed by atoms with Crippen molar-refractivity contribution < 1.29 is 19.1 Å². The summed E-state index contributed by atoms with van der Waals surface area (Å²) in [6, 6.07) is 15.7. The molecule has 0 atom stereocenters. The average molecular weight is 541 g/mol. The third kappa shape index (κ3) is 5.79. The maximum atomic E-state index is 13.1. The average Bonchev–Trinajstić information content (AvgIpc) is 3.33. The predicted molar refractivity (Wildman–Crippen MR) is 159 cm³/mol. The summed E-state index contributed by atoms with van der Waals surface area (Å²) in [6.07, 6.45) is 9.44. The second kappa shape index (κ2) is 12.5. The van der Waals surface area contributed by atoms with E-state index in [0.717, 1.165) is 85.1 Å². The van der Waals surface area contributed by atoms with E-state index in [-0.39, 0.29) is 11.9 Å². The molecule has 0 bridgehead atoms. The van der Waals surface area contributed by atoms with Crippen LogP contribution in [0.2, 0.25) is 0 Å². The monoisotopic (exact) mass is 540 g/mol. The van der Waals surface area contributed by atoms with Gasteiger partial charge in [-0.25, -0.2) is 9.59 Å². The van der Waals surface area contributed by atoms with Crippen molar-refractivity contribution in [3.63, 3.8) is 0 Å². The number of piperidine rings is 2. The molecular weight excluding hydrogens is 500 g/mol. The Labute approximate surface area is 237 Å². The van der Waals surface area contributed by atoms with Crippen LogP contribution in [0.15, 0.2) is 48.5 Å². The molecule has 3 aliphatic rings. The van der Waals surface area contributed by atoms with Gasteiger partial charge in [0.1, 0.15) is 0 Å². The standard InChI is InChI=1S/C34H40N2O4/c37-33(39-22-8-20-35-16-3-1-4-17-35)25-12-13-26-29-14-15-30(27-10-7-11-28(32(27)29)31(26)24-25)34(38)40-23-9-21-36-18-5-2-6-19-36/h7,10-15,24H,1-6,8-9,16-23H2. The number of fused-ring (bicyclic) bond motifs is 3. The molecule has 0 saturated carbocycles. The summed E-state index contributed by atoms with van der Waals surface area (Å²) in [6.45, 7) is 7.45. The maximum Gasteiger partial charge on any atom is 0.338 e. The first-order valence-corrected chi connectivity index (χ1v) is 15.2. The minimum absolute atomic E-state index is 0.271. The Kier molecular flexibility index (Phi) is 8.45. The molecule has 0 radical (unpaired) electrons. The molecule has 0 amide bonds. The summed E-state index contributed by atoms with van der Waals surface area (Å²) in [4.78, 5) is 30.9. The van der Waals surface area contributed by atoms with Gasteiger partial charge in [-0.15, -0.1) is 0 Å². The number of esters is 2. The number of carbonyl (C=O) groups is 2. The molecule has 0 aromatic heterocycles. The van der Waals surface area contributed by atoms with Gasteiger partial charge in [0.25, 0.3) is 0 Å². The van der Waals surface area contributed by atoms with Gasteiger partial charge in [0.05, 0.1) is 24.3 Å². The zero-order valence-corrected chi connectivity index (χ0v) is 23.5. The molecule has 2 saturated heterocycles. The van der Waals surface area contributed by atoms with Crippen LogP contribution in [0.1, 0.15) is 72.1 Å². The number of hydrogen-bond donors (Lipinski definition) is 0. The molecule has 2 heterocycles. The first-order valence-electron chi connectivity index (χ1n) is 15.2. The minimum Gasteiger partial charge on any atom is -0.462 e. The zero-order valence-electron chi connectivity index (χ0n) is 23.5. The number of ether oxygens (including phenoxy) is 2. The number of carbonyl (C=O) groups excluding carboxylic acids is 2. The summed E-state index contributed by atoms with van der Waals surface area (Å²) in [5.41, 5.74) is 5.38. The normalized spacial score (nSPS) is 17.1. The van der Waals surface area contributed by atoms with Crippen molar-refractivity contribution in [2.45, 2.75) is 51.4 Å². The maximum absolute atomic E-state index is 13.1. The van der Waals surface area contributed by atoms with Gasteiger partial charge in [0.15, 0.2) is 0 Å². The number of hydrogen-bond acceptors (Lipinski definition) is 6. The molecule has 2 fully saturated rings. The van der Waals surface area contributed by atoms with E-state index < -0.39 is 0 Å². The van der Waals surface area contributed by atoms with Gasteiger partial charge in [-0.3, -0.25) is 0 Å². The SMILES string of the molecule is O=C(OCCCN1CCCCC1)c1ccc2c(c1)-c1cccc3c(C(=O)OCCCN4CCCCC4)ccc-2c13. The third-order valence-corrected chi connectivity index (χ3v) is 8.70. The zero-order chi connectivity index (χ0) is 27.3. The predicted octanol–water partition coefficient (Wildman–Crippen LogP) is 6.55. The van der Waals surface area contributed by atoms with Gasteiger partial charge in [-0.05, 0) is 116 Å². The first-order chi connectivity index (χ1) is 19.7. The molecule has 0 N–H and O–H groups in total. The van der Waals surface area contributed by atoms with Gasteiger partial charge in [0, 0.05) is 13.1 Å². The summed E-state index contributed by atoms with van der Waals surface area (Å²) >= 11 is 0. The van der Waals surface area contributed by atoms with Crippen molar-refractivity contribution in [3.8, 4) is 22.3 Å². The lowest BCUT2D eigenvalue weighted by Gasteiger charge is -2.26. The molecule has 6 heteroatoms. The van der Waals surface area contributed by atoms with Crippen LogP contribution in [0.5, 0.6) is 0 Å². The van der Waals surface area contributed by atoms with E-state index in [9.17, 15) is 9.59 Å². The van der Waals surface area contributed by atoms with Crippen LogP contribution < -0.4 is 0 Å². The lowest BCUT2D eigenvalue weighted by molar-refractivity contribution is 0.0477. The van der Waals surface area contributed by atoms with Crippen molar-refractivity contribution in [2.24, 2.45) is 0 Å². The molecule has 1 aliphatic carbocycles. The third-order valence-electron chi connectivity index (χ3n) is 8.70. The number of likely N-dealkylation sites (tertiary alicyclic amines) is 2. The van der Waals surface area contributed by atoms with Crippen molar-refractivity contribution >= 4 is 22.7 Å². The van der Waals surface area contributed by atoms with E-state index in [4.69, 9.17) is 9.47 Å². The van der Waals surface area contributed by atoms with Crippen molar-refractivity contribution in [1.29, 1.82) is 0 Å². The van der Waals surface area contributed by atoms with Crippen LogP contribution >= 0.6 is 0 Å². The van der Waals surface area contributed by atoms with E-state index in [1.165, 1.54) is 38.5 Å². The molecule has 3 aromatic carbocycles. The van der Waals surface area contributed by atoms with E-state index in [1.54, 1.807) is 0 Å². The lowest BCUT2D eigenvalue weighted by Crippen LogP contribution is -2.31. The Hall–Kier alpha value is -3.22. The Balaban J connectivity index is 1.11. The molecule has 3 aromatic rings. The Bertz CT molecular complexity index is 1370. The van der Waals surface area contributed by atoms with E-state index in [0.29, 0.717) is 24.3 Å². The van der Waals surface area contributed by atoms with E-state index in [1.807, 2.05) is 42.5 Å². The van der Waals surface area contributed by atoms with Crippen LogP contribution in [0.3, 0.4) is 0 Å². The second-order valence-electron chi connectivity index (χ2n) is 11.4. The Morgan fingerprint density at radius 1 is 0.625 bits per heavy atom. The molecule has 6 rings (SSSR count). The first kappa shape index (κ1) is 27.0. The van der Waals surface area contributed by atoms with Gasteiger partial charge in [0.2, 0.25) is 0 Å². The van der Waals surface area contributed by atoms with Crippen molar-refractivity contribution in [2.75, 3.05) is 52.5 Å². The molecule has 210 valence electrons. The molecular formula is C34H40N2O4. The number of nitrogens with zero attached hydrogens (tertiary/aromatic N) is 2. The van der Waals surface area contributed by atoms with Gasteiger partial charge < -0.3 is 19.3 Å². The van der Waals surface area contributed by atoms with Crippen LogP contribution in [0, 0.1) is 0 Å². The molecule has 40 heavy (non-hydrogen) atoms. The summed E-state index contributed by atoms with van der Waals surface area (Å²) < 4.78 is 11.3. The summed E-state index contributed by atoms with van der Waals surface area (Å²) in [5, 5.41) is 1.95. The fraction of sp³-hybridized carbons (Fsp3) is 0.471. The smallest absolute Gasteiger partial charge is 0.338 e. The second-order valence-corrected chi connectivity index (χ2v) is 11.4. The Morgan fingerprint density at radius 3 is 1.90 bits per heavy atom. The van der Waals surface area contributed by atoms with Crippen molar-refractivity contribution in [1.82, 2.24) is 9.80 Å². The van der Waals surface area contributed by atoms with Crippen LogP contribution in [-0.4, -0.2) is 74.2 Å². The van der Waals surface area contributed by atoms with E-state index >= 15 is 0 Å². The lowest BCUT2D eigenvalue weighted by atomic mass is 9.98. The molecule has 6 nitrogen and oxygen atoms in total. The fourth-order valence-corrected chi connectivity index (χ4v) is 6.60. The highest BCUT2D eigenvalue weighted by Crippen LogP contribution is 2.48. The van der Waals surface area contributed by atoms with Crippen molar-refractivity contribution in [3.05, 3.63) is 59.7 Å². The number of rotatable bonds is 10. The minimum atomic E-state index is -0.279. The molecule has 0 unspecified atom stereocenters. The van der Waals surface area contributed by atoms with Gasteiger partial charge >= 0.3 is 11.9 Å². The summed E-state index contributed by atoms with van der Waals surface area (Å²) in [7, 11) is 0. The fourth-order valence-electron chi connectivity index (χ4n) is 6.60.